The molecule has 3 fully saturated rings. The molecule has 2 heterocycles. The van der Waals surface area contributed by atoms with Gasteiger partial charge in [-0.1, -0.05) is 18.6 Å². The molecule has 3 aliphatic rings. The second kappa shape index (κ2) is 7.99. The molecular formula is C22H28N4OS2. The fourth-order valence-corrected chi connectivity index (χ4v) is 9.43. The Morgan fingerprint density at radius 1 is 1.17 bits per heavy atom. The van der Waals surface area contributed by atoms with E-state index in [1.54, 1.807) is 11.0 Å². The van der Waals surface area contributed by atoms with Gasteiger partial charge in [-0.25, -0.2) is 9.67 Å². The monoisotopic (exact) mass is 428 g/mol. The molecule has 154 valence electrons. The smallest absolute Gasteiger partial charge is 0.223 e. The number of nitrogens with one attached hydrogen (secondary N) is 1. The standard InChI is InChI=1S/C22H28N4OS2/c1-15(16-5-7-20(8-6-16)26-14-23-13-24-26)25-21(27)17-11-18-3-2-4-19(12-17)22(18)28-9-10-29-22/h5-8,13-15,17-19H,2-4,9-12H2,1H3,(H,25,27)/t15-,17?,18-,19+/m1/s1. The molecule has 4 atom stereocenters. The number of thioether (sulfide) groups is 2. The lowest BCUT2D eigenvalue weighted by molar-refractivity contribution is -0.128. The highest BCUT2D eigenvalue weighted by atomic mass is 32.2. The van der Waals surface area contributed by atoms with Crippen molar-refractivity contribution in [3.8, 4) is 5.69 Å². The Bertz CT molecular complexity index is 832. The van der Waals surface area contributed by atoms with Crippen molar-refractivity contribution in [3.63, 3.8) is 0 Å². The topological polar surface area (TPSA) is 59.8 Å². The Hall–Kier alpha value is -1.47. The zero-order valence-corrected chi connectivity index (χ0v) is 18.4. The maximum absolute atomic E-state index is 13.1. The van der Waals surface area contributed by atoms with Crippen molar-refractivity contribution in [2.24, 2.45) is 17.8 Å². The van der Waals surface area contributed by atoms with Crippen LogP contribution in [0, 0.1) is 17.8 Å². The minimum atomic E-state index is 0.0123. The van der Waals surface area contributed by atoms with Crippen LogP contribution in [0.3, 0.4) is 0 Å². The van der Waals surface area contributed by atoms with Gasteiger partial charge in [0.2, 0.25) is 5.91 Å². The average molecular weight is 429 g/mol. The van der Waals surface area contributed by atoms with Gasteiger partial charge in [0.1, 0.15) is 12.7 Å². The van der Waals surface area contributed by atoms with Crippen LogP contribution >= 0.6 is 23.5 Å². The molecule has 2 aliphatic carbocycles. The largest absolute Gasteiger partial charge is 0.349 e. The van der Waals surface area contributed by atoms with Crippen molar-refractivity contribution in [1.29, 1.82) is 0 Å². The summed E-state index contributed by atoms with van der Waals surface area (Å²) in [7, 11) is 0. The van der Waals surface area contributed by atoms with E-state index < -0.39 is 0 Å². The molecule has 5 rings (SSSR count). The Morgan fingerprint density at radius 2 is 1.86 bits per heavy atom. The summed E-state index contributed by atoms with van der Waals surface area (Å²) in [5.74, 6) is 4.42. The second-order valence-electron chi connectivity index (χ2n) is 8.57. The first-order chi connectivity index (χ1) is 14.2. The van der Waals surface area contributed by atoms with Gasteiger partial charge in [-0.2, -0.15) is 5.10 Å². The fourth-order valence-electron chi connectivity index (χ4n) is 5.50. The van der Waals surface area contributed by atoms with Crippen molar-refractivity contribution < 1.29 is 4.79 Å². The van der Waals surface area contributed by atoms with Crippen LogP contribution in [-0.4, -0.2) is 36.3 Å². The van der Waals surface area contributed by atoms with E-state index in [0.717, 1.165) is 24.1 Å². The van der Waals surface area contributed by atoms with Crippen molar-refractivity contribution in [2.45, 2.75) is 49.1 Å². The maximum Gasteiger partial charge on any atom is 0.223 e. The number of rotatable bonds is 4. The highest BCUT2D eigenvalue weighted by Gasteiger charge is 2.55. The minimum absolute atomic E-state index is 0.0123. The van der Waals surface area contributed by atoms with Crippen LogP contribution in [-0.2, 0) is 4.79 Å². The minimum Gasteiger partial charge on any atom is -0.349 e. The second-order valence-corrected chi connectivity index (χ2v) is 11.6. The number of hydrogen-bond acceptors (Lipinski definition) is 5. The van der Waals surface area contributed by atoms with Crippen LogP contribution in [0.4, 0.5) is 0 Å². The molecule has 1 aliphatic heterocycles. The molecule has 1 N–H and O–H groups in total. The summed E-state index contributed by atoms with van der Waals surface area (Å²) >= 11 is 4.40. The Labute approximate surface area is 180 Å². The summed E-state index contributed by atoms with van der Waals surface area (Å²) < 4.78 is 2.17. The summed E-state index contributed by atoms with van der Waals surface area (Å²) in [4.78, 5) is 17.1. The normalized spacial score (nSPS) is 28.9. The Balaban J connectivity index is 1.24. The molecule has 1 saturated heterocycles. The summed E-state index contributed by atoms with van der Waals surface area (Å²) in [6, 6.07) is 8.20. The van der Waals surface area contributed by atoms with E-state index in [2.05, 4.69) is 58.0 Å². The van der Waals surface area contributed by atoms with Crippen molar-refractivity contribution in [1.82, 2.24) is 20.1 Å². The van der Waals surface area contributed by atoms with Gasteiger partial charge < -0.3 is 5.32 Å². The third-order valence-electron chi connectivity index (χ3n) is 6.93. The van der Waals surface area contributed by atoms with Crippen LogP contribution in [0.25, 0.3) is 5.69 Å². The quantitative estimate of drug-likeness (QED) is 0.780. The predicted molar refractivity (Wildman–Crippen MR) is 119 cm³/mol. The first kappa shape index (κ1) is 19.5. The number of hydrogen-bond donors (Lipinski definition) is 1. The average Bonchev–Trinajstić information content (AvgIpc) is 3.41. The van der Waals surface area contributed by atoms with Gasteiger partial charge >= 0.3 is 0 Å². The number of aromatic nitrogens is 3. The Morgan fingerprint density at radius 3 is 2.48 bits per heavy atom. The molecule has 1 unspecified atom stereocenters. The highest BCUT2D eigenvalue weighted by molar-refractivity contribution is 8.21. The summed E-state index contributed by atoms with van der Waals surface area (Å²) in [6.07, 6.45) is 9.32. The SMILES string of the molecule is C[C@@H](NC(=O)C1C[C@H]2CCC[C@@H](C1)C21SCCS1)c1ccc(-n2cncn2)cc1. The van der Waals surface area contributed by atoms with Gasteiger partial charge in [0.15, 0.2) is 0 Å². The Kier molecular flexibility index (Phi) is 5.37. The fraction of sp³-hybridized carbons (Fsp3) is 0.591. The van der Waals surface area contributed by atoms with Gasteiger partial charge in [-0.3, -0.25) is 4.79 Å². The zero-order chi connectivity index (χ0) is 19.8. The van der Waals surface area contributed by atoms with Crippen LogP contribution < -0.4 is 5.32 Å². The lowest BCUT2D eigenvalue weighted by atomic mass is 9.67. The van der Waals surface area contributed by atoms with Gasteiger partial charge in [-0.15, -0.1) is 23.5 Å². The van der Waals surface area contributed by atoms with E-state index >= 15 is 0 Å². The first-order valence-electron chi connectivity index (χ1n) is 10.7. The molecule has 0 radical (unpaired) electrons. The summed E-state index contributed by atoms with van der Waals surface area (Å²) in [6.45, 7) is 2.08. The van der Waals surface area contributed by atoms with Gasteiger partial charge in [0.25, 0.3) is 0 Å². The third kappa shape index (κ3) is 3.61. The van der Waals surface area contributed by atoms with E-state index in [4.69, 9.17) is 0 Å². The molecule has 2 bridgehead atoms. The third-order valence-corrected chi connectivity index (χ3v) is 10.9. The van der Waals surface area contributed by atoms with Crippen LogP contribution in [0.2, 0.25) is 0 Å². The van der Waals surface area contributed by atoms with Crippen molar-refractivity contribution in [2.75, 3.05) is 11.5 Å². The summed E-state index contributed by atoms with van der Waals surface area (Å²) in [5.41, 5.74) is 2.10. The zero-order valence-electron chi connectivity index (χ0n) is 16.8. The summed E-state index contributed by atoms with van der Waals surface area (Å²) in [5, 5.41) is 7.46. The van der Waals surface area contributed by atoms with E-state index in [-0.39, 0.29) is 17.9 Å². The van der Waals surface area contributed by atoms with Crippen LogP contribution in [0.5, 0.6) is 0 Å². The lowest BCUT2D eigenvalue weighted by Crippen LogP contribution is -2.49. The van der Waals surface area contributed by atoms with E-state index in [1.807, 2.05) is 12.1 Å². The van der Waals surface area contributed by atoms with Crippen LogP contribution in [0.1, 0.15) is 50.6 Å². The van der Waals surface area contributed by atoms with Gasteiger partial charge in [0, 0.05) is 17.4 Å². The molecule has 5 nitrogen and oxygen atoms in total. The van der Waals surface area contributed by atoms with Crippen LogP contribution in [0.15, 0.2) is 36.9 Å². The molecule has 1 spiro atoms. The lowest BCUT2D eigenvalue weighted by Gasteiger charge is -2.52. The van der Waals surface area contributed by atoms with E-state index in [9.17, 15) is 4.79 Å². The molecule has 1 amide bonds. The van der Waals surface area contributed by atoms with Crippen molar-refractivity contribution in [3.05, 3.63) is 42.5 Å². The molecule has 7 heteroatoms. The first-order valence-corrected chi connectivity index (χ1v) is 12.7. The predicted octanol–water partition coefficient (Wildman–Crippen LogP) is 4.45. The number of carbonyl (C=O) groups is 1. The maximum atomic E-state index is 13.1. The number of amides is 1. The molecule has 2 aromatic rings. The van der Waals surface area contributed by atoms with Crippen molar-refractivity contribution >= 4 is 29.4 Å². The van der Waals surface area contributed by atoms with E-state index in [1.165, 1.54) is 37.1 Å². The molecule has 29 heavy (non-hydrogen) atoms. The van der Waals surface area contributed by atoms with E-state index in [0.29, 0.717) is 15.9 Å². The molecule has 1 aromatic carbocycles. The highest BCUT2D eigenvalue weighted by Crippen LogP contribution is 2.64. The van der Waals surface area contributed by atoms with Gasteiger partial charge in [0.05, 0.1) is 15.8 Å². The number of benzene rings is 1. The van der Waals surface area contributed by atoms with Gasteiger partial charge in [-0.05, 0) is 62.1 Å². The molecule has 2 saturated carbocycles. The molecule has 1 aromatic heterocycles. The number of carbonyl (C=O) groups excluding carboxylic acids is 1. The number of nitrogens with zero attached hydrogens (tertiary/aromatic N) is 3. The molecular weight excluding hydrogens is 400 g/mol.